The molecular weight excluding hydrogens is 328 g/mol. The van der Waals surface area contributed by atoms with Gasteiger partial charge in [0.05, 0.1) is 17.1 Å². The maximum atomic E-state index is 12.5. The van der Waals surface area contributed by atoms with Crippen LogP contribution in [-0.4, -0.2) is 44.5 Å². The quantitative estimate of drug-likeness (QED) is 0.714. The van der Waals surface area contributed by atoms with Crippen LogP contribution in [-0.2, 0) is 6.42 Å². The number of nitrogens with zero attached hydrogens (tertiary/aromatic N) is 4. The Hall–Kier alpha value is -3.09. The summed E-state index contributed by atoms with van der Waals surface area (Å²) in [4.78, 5) is 14.2. The van der Waals surface area contributed by atoms with Crippen LogP contribution < -0.4 is 5.32 Å². The maximum absolute atomic E-state index is 12.5. The van der Waals surface area contributed by atoms with E-state index in [4.69, 9.17) is 0 Å². The molecule has 0 saturated carbocycles. The first-order valence-corrected chi connectivity index (χ1v) is 8.68. The van der Waals surface area contributed by atoms with E-state index < -0.39 is 0 Å². The molecule has 2 amide bonds. The Morgan fingerprint density at radius 1 is 1.27 bits per heavy atom. The van der Waals surface area contributed by atoms with Gasteiger partial charge in [0, 0.05) is 31.7 Å². The Balaban J connectivity index is 1.58. The highest BCUT2D eigenvalue weighted by Gasteiger charge is 2.13. The van der Waals surface area contributed by atoms with Gasteiger partial charge in [0.1, 0.15) is 0 Å². The zero-order valence-corrected chi connectivity index (χ0v) is 15.4. The molecule has 7 heteroatoms. The molecule has 0 fully saturated rings. The summed E-state index contributed by atoms with van der Waals surface area (Å²) in [5, 5.41) is 14.4. The van der Waals surface area contributed by atoms with Gasteiger partial charge in [0.15, 0.2) is 0 Å². The summed E-state index contributed by atoms with van der Waals surface area (Å²) in [6.07, 6.45) is 5.34. The summed E-state index contributed by atoms with van der Waals surface area (Å²) >= 11 is 0. The number of carbonyl (C=O) groups is 1. The number of rotatable bonds is 6. The molecule has 3 aromatic rings. The van der Waals surface area contributed by atoms with E-state index >= 15 is 0 Å². The van der Waals surface area contributed by atoms with Crippen LogP contribution >= 0.6 is 0 Å². The summed E-state index contributed by atoms with van der Waals surface area (Å²) < 4.78 is 1.74. The fourth-order valence-corrected chi connectivity index (χ4v) is 2.94. The van der Waals surface area contributed by atoms with Crippen molar-refractivity contribution >= 4 is 11.7 Å². The molecule has 0 aliphatic carbocycles. The van der Waals surface area contributed by atoms with Crippen molar-refractivity contribution in [1.29, 1.82) is 0 Å². The molecule has 2 aromatic heterocycles. The second-order valence-corrected chi connectivity index (χ2v) is 6.34. The van der Waals surface area contributed by atoms with E-state index in [1.54, 1.807) is 22.8 Å². The van der Waals surface area contributed by atoms with Gasteiger partial charge >= 0.3 is 6.03 Å². The fourth-order valence-electron chi connectivity index (χ4n) is 2.94. The van der Waals surface area contributed by atoms with E-state index in [2.05, 4.69) is 20.6 Å². The number of benzene rings is 1. The molecule has 0 unspecified atom stereocenters. The number of urea groups is 1. The number of amides is 2. The molecule has 2 N–H and O–H groups in total. The molecule has 0 spiro atoms. The first-order chi connectivity index (χ1) is 12.6. The first-order valence-electron chi connectivity index (χ1n) is 8.68. The lowest BCUT2D eigenvalue weighted by atomic mass is 10.1. The average molecular weight is 352 g/mol. The van der Waals surface area contributed by atoms with Crippen LogP contribution in [0.1, 0.15) is 23.4 Å². The SMILES string of the molecule is Cc1n[nH]c(C)c1CCCN(C)C(=O)Nc1ccccc1-n1cccn1. The minimum atomic E-state index is -0.134. The van der Waals surface area contributed by atoms with Crippen LogP contribution in [0.2, 0.25) is 0 Å². The summed E-state index contributed by atoms with van der Waals surface area (Å²) in [5.41, 5.74) is 4.94. The number of aromatic amines is 1. The number of anilines is 1. The number of hydrogen-bond donors (Lipinski definition) is 2. The third-order valence-corrected chi connectivity index (χ3v) is 4.44. The summed E-state index contributed by atoms with van der Waals surface area (Å²) in [6, 6.07) is 9.34. The van der Waals surface area contributed by atoms with E-state index in [0.717, 1.165) is 35.6 Å². The Kier molecular flexibility index (Phi) is 5.36. The zero-order chi connectivity index (χ0) is 18.5. The Bertz CT molecular complexity index is 849. The Morgan fingerprint density at radius 2 is 2.08 bits per heavy atom. The Morgan fingerprint density at radius 3 is 2.77 bits per heavy atom. The molecule has 136 valence electrons. The van der Waals surface area contributed by atoms with Crippen molar-refractivity contribution in [1.82, 2.24) is 24.9 Å². The van der Waals surface area contributed by atoms with Crippen LogP contribution in [0.3, 0.4) is 0 Å². The largest absolute Gasteiger partial charge is 0.328 e. The van der Waals surface area contributed by atoms with Crippen molar-refractivity contribution in [2.24, 2.45) is 0 Å². The molecule has 0 atom stereocenters. The summed E-state index contributed by atoms with van der Waals surface area (Å²) in [7, 11) is 1.81. The van der Waals surface area contributed by atoms with Crippen LogP contribution in [0.25, 0.3) is 5.69 Å². The predicted octanol–water partition coefficient (Wildman–Crippen LogP) is 3.31. The van der Waals surface area contributed by atoms with E-state index in [1.807, 2.05) is 50.4 Å². The van der Waals surface area contributed by atoms with Crippen molar-refractivity contribution in [3.05, 3.63) is 59.7 Å². The lowest BCUT2D eigenvalue weighted by molar-refractivity contribution is 0.222. The lowest BCUT2D eigenvalue weighted by Crippen LogP contribution is -2.32. The minimum absolute atomic E-state index is 0.134. The van der Waals surface area contributed by atoms with Crippen molar-refractivity contribution in [3.8, 4) is 5.69 Å². The number of H-pyrrole nitrogens is 1. The van der Waals surface area contributed by atoms with Crippen molar-refractivity contribution in [2.45, 2.75) is 26.7 Å². The topological polar surface area (TPSA) is 78.8 Å². The standard InChI is InChI=1S/C19H24N6O/c1-14-16(15(2)23-22-14)8-6-12-24(3)19(26)21-17-9-4-5-10-18(17)25-13-7-11-20-25/h4-5,7,9-11,13H,6,8,12H2,1-3H3,(H,21,26)(H,22,23). The molecule has 7 nitrogen and oxygen atoms in total. The molecule has 0 aliphatic rings. The number of hydrogen-bond acceptors (Lipinski definition) is 3. The predicted molar refractivity (Wildman–Crippen MR) is 102 cm³/mol. The molecule has 3 rings (SSSR count). The van der Waals surface area contributed by atoms with Gasteiger partial charge < -0.3 is 10.2 Å². The molecule has 1 aromatic carbocycles. The number of aromatic nitrogens is 4. The van der Waals surface area contributed by atoms with Crippen LogP contribution in [0.15, 0.2) is 42.7 Å². The third-order valence-electron chi connectivity index (χ3n) is 4.44. The maximum Gasteiger partial charge on any atom is 0.321 e. The average Bonchev–Trinajstić information content (AvgIpc) is 3.27. The van der Waals surface area contributed by atoms with Gasteiger partial charge in [-0.3, -0.25) is 5.10 Å². The van der Waals surface area contributed by atoms with Gasteiger partial charge in [-0.25, -0.2) is 9.48 Å². The van der Waals surface area contributed by atoms with Gasteiger partial charge in [-0.15, -0.1) is 0 Å². The number of aryl methyl sites for hydroxylation is 2. The number of para-hydroxylation sites is 2. The summed E-state index contributed by atoms with van der Waals surface area (Å²) in [6.45, 7) is 4.69. The number of nitrogens with one attached hydrogen (secondary N) is 2. The molecule has 26 heavy (non-hydrogen) atoms. The lowest BCUT2D eigenvalue weighted by Gasteiger charge is -2.19. The molecule has 0 radical (unpaired) electrons. The van der Waals surface area contributed by atoms with Crippen molar-refractivity contribution in [3.63, 3.8) is 0 Å². The molecule has 0 aliphatic heterocycles. The Labute approximate surface area is 153 Å². The van der Waals surface area contributed by atoms with E-state index in [1.165, 1.54) is 5.56 Å². The second kappa shape index (κ2) is 7.86. The smallest absolute Gasteiger partial charge is 0.321 e. The van der Waals surface area contributed by atoms with Gasteiger partial charge in [-0.1, -0.05) is 12.1 Å². The fraction of sp³-hybridized carbons (Fsp3) is 0.316. The highest BCUT2D eigenvalue weighted by Crippen LogP contribution is 2.19. The van der Waals surface area contributed by atoms with Crippen molar-refractivity contribution < 1.29 is 4.79 Å². The highest BCUT2D eigenvalue weighted by atomic mass is 16.2. The monoisotopic (exact) mass is 352 g/mol. The van der Waals surface area contributed by atoms with Gasteiger partial charge in [-0.05, 0) is 50.5 Å². The first kappa shape index (κ1) is 17.7. The van der Waals surface area contributed by atoms with Crippen LogP contribution in [0.5, 0.6) is 0 Å². The molecular formula is C19H24N6O. The second-order valence-electron chi connectivity index (χ2n) is 6.34. The van der Waals surface area contributed by atoms with Crippen molar-refractivity contribution in [2.75, 3.05) is 18.9 Å². The molecule has 2 heterocycles. The normalized spacial score (nSPS) is 10.7. The van der Waals surface area contributed by atoms with E-state index in [9.17, 15) is 4.79 Å². The van der Waals surface area contributed by atoms with E-state index in [0.29, 0.717) is 6.54 Å². The van der Waals surface area contributed by atoms with Gasteiger partial charge in [0.25, 0.3) is 0 Å². The molecule has 0 bridgehead atoms. The number of carbonyl (C=O) groups excluding carboxylic acids is 1. The van der Waals surface area contributed by atoms with Crippen LogP contribution in [0, 0.1) is 13.8 Å². The zero-order valence-electron chi connectivity index (χ0n) is 15.4. The van der Waals surface area contributed by atoms with E-state index in [-0.39, 0.29) is 6.03 Å². The third kappa shape index (κ3) is 3.93. The van der Waals surface area contributed by atoms with Gasteiger partial charge in [0.2, 0.25) is 0 Å². The summed E-state index contributed by atoms with van der Waals surface area (Å²) in [5.74, 6) is 0. The minimum Gasteiger partial charge on any atom is -0.328 e. The molecule has 0 saturated heterocycles. The highest BCUT2D eigenvalue weighted by molar-refractivity contribution is 5.91. The van der Waals surface area contributed by atoms with Gasteiger partial charge in [-0.2, -0.15) is 10.2 Å². The van der Waals surface area contributed by atoms with Crippen LogP contribution in [0.4, 0.5) is 10.5 Å².